The van der Waals surface area contributed by atoms with Gasteiger partial charge >= 0.3 is 5.97 Å². The predicted molar refractivity (Wildman–Crippen MR) is 72.4 cm³/mol. The normalized spacial score (nSPS) is 13.2. The number of carboxylic acid groups (broad SMARTS) is 1. The number of amides is 1. The minimum atomic E-state index is -1.61. The molecule has 0 aromatic heterocycles. The molecule has 0 aliphatic rings. The van der Waals surface area contributed by atoms with E-state index >= 15 is 0 Å². The van der Waals surface area contributed by atoms with Gasteiger partial charge in [0.15, 0.2) is 0 Å². The van der Waals surface area contributed by atoms with Crippen LogP contribution >= 0.6 is 0 Å². The molecule has 6 nitrogen and oxygen atoms in total. The van der Waals surface area contributed by atoms with E-state index in [9.17, 15) is 9.59 Å². The number of nitrogens with one attached hydrogen (secondary N) is 1. The maximum Gasteiger partial charge on any atom is 0.329 e. The lowest BCUT2D eigenvalue weighted by molar-refractivity contribution is -0.147. The molecule has 4 N–H and O–H groups in total. The van der Waals surface area contributed by atoms with Gasteiger partial charge in [-0.15, -0.1) is 0 Å². The molecule has 108 valence electrons. The van der Waals surface area contributed by atoms with Crippen LogP contribution in [0.5, 0.6) is 5.75 Å². The van der Waals surface area contributed by atoms with Crippen LogP contribution in [-0.4, -0.2) is 32.7 Å². The summed E-state index contributed by atoms with van der Waals surface area (Å²) in [7, 11) is 0. The molecule has 0 radical (unpaired) electrons. The van der Waals surface area contributed by atoms with E-state index in [1.165, 1.54) is 19.1 Å². The maximum atomic E-state index is 11.9. The molecule has 1 amide bonds. The highest BCUT2D eigenvalue weighted by atomic mass is 16.4. The van der Waals surface area contributed by atoms with Gasteiger partial charge in [0.25, 0.3) is 0 Å². The molecule has 6 heteroatoms. The summed E-state index contributed by atoms with van der Waals surface area (Å²) in [5.74, 6) is -1.99. The second-order valence-electron chi connectivity index (χ2n) is 4.77. The van der Waals surface area contributed by atoms with Crippen molar-refractivity contribution in [2.45, 2.75) is 25.3 Å². The third-order valence-corrected chi connectivity index (χ3v) is 2.75. The quantitative estimate of drug-likeness (QED) is 0.588. The number of carbonyl (C=O) groups is 2. The van der Waals surface area contributed by atoms with Crippen molar-refractivity contribution in [3.05, 3.63) is 42.2 Å². The van der Waals surface area contributed by atoms with Crippen molar-refractivity contribution >= 4 is 11.9 Å². The van der Waals surface area contributed by atoms with E-state index in [0.717, 1.165) is 0 Å². The van der Waals surface area contributed by atoms with Crippen molar-refractivity contribution in [1.29, 1.82) is 0 Å². The van der Waals surface area contributed by atoms with Crippen LogP contribution in [0.4, 0.5) is 0 Å². The lowest BCUT2D eigenvalue weighted by Crippen LogP contribution is -2.52. The minimum absolute atomic E-state index is 0.0267. The molecule has 0 saturated carbocycles. The number of phenols is 1. The molecule has 0 saturated heterocycles. The largest absolute Gasteiger partial charge is 0.513 e. The van der Waals surface area contributed by atoms with Gasteiger partial charge in [-0.2, -0.15) is 0 Å². The van der Waals surface area contributed by atoms with Crippen molar-refractivity contribution < 1.29 is 24.9 Å². The highest BCUT2D eigenvalue weighted by Crippen LogP contribution is 2.15. The second kappa shape index (κ2) is 6.10. The topological polar surface area (TPSA) is 107 Å². The summed E-state index contributed by atoms with van der Waals surface area (Å²) in [5, 5.41) is 29.8. The number of hydrogen-bond acceptors (Lipinski definition) is 4. The van der Waals surface area contributed by atoms with Gasteiger partial charge in [0, 0.05) is 6.42 Å². The fourth-order valence-corrected chi connectivity index (χ4v) is 1.73. The Morgan fingerprint density at radius 3 is 2.25 bits per heavy atom. The summed E-state index contributed by atoms with van der Waals surface area (Å²) >= 11 is 0. The summed E-state index contributed by atoms with van der Waals surface area (Å²) in [6, 6.07) is 6.01. The molecule has 0 fully saturated rings. The number of benzene rings is 1. The van der Waals surface area contributed by atoms with E-state index in [1.54, 1.807) is 12.1 Å². The zero-order valence-electron chi connectivity index (χ0n) is 11.1. The Kier molecular flexibility index (Phi) is 4.74. The summed E-state index contributed by atoms with van der Waals surface area (Å²) in [5.41, 5.74) is -0.976. The number of phenolic OH excluding ortho intramolecular Hbond substituents is 1. The molecular formula is C14H17NO5. The Morgan fingerprint density at radius 2 is 1.80 bits per heavy atom. The van der Waals surface area contributed by atoms with Crippen molar-refractivity contribution in [3.63, 3.8) is 0 Å². The molecule has 0 unspecified atom stereocenters. The molecule has 1 atom stereocenters. The number of rotatable bonds is 6. The first-order valence-electron chi connectivity index (χ1n) is 5.92. The lowest BCUT2D eigenvalue weighted by Gasteiger charge is -2.25. The van der Waals surface area contributed by atoms with E-state index in [1.807, 2.05) is 0 Å². The van der Waals surface area contributed by atoms with Crippen LogP contribution in [0.2, 0.25) is 0 Å². The first-order chi connectivity index (χ1) is 9.23. The van der Waals surface area contributed by atoms with Gasteiger partial charge in [0.2, 0.25) is 5.91 Å². The first kappa shape index (κ1) is 15.6. The summed E-state index contributed by atoms with van der Waals surface area (Å²) in [4.78, 5) is 23.0. The molecule has 0 bridgehead atoms. The highest BCUT2D eigenvalue weighted by molar-refractivity contribution is 5.87. The van der Waals surface area contributed by atoms with E-state index < -0.39 is 17.4 Å². The van der Waals surface area contributed by atoms with Crippen molar-refractivity contribution in [2.24, 2.45) is 0 Å². The number of aliphatic hydroxyl groups is 1. The molecule has 1 aromatic rings. The Morgan fingerprint density at radius 1 is 1.25 bits per heavy atom. The second-order valence-corrected chi connectivity index (χ2v) is 4.77. The van der Waals surface area contributed by atoms with E-state index in [4.69, 9.17) is 15.3 Å². The lowest BCUT2D eigenvalue weighted by atomic mass is 9.96. The summed E-state index contributed by atoms with van der Waals surface area (Å²) in [6.45, 7) is 4.53. The van der Waals surface area contributed by atoms with E-state index in [2.05, 4.69) is 11.9 Å². The van der Waals surface area contributed by atoms with Gasteiger partial charge in [0.05, 0.1) is 12.2 Å². The fraction of sp³-hybridized carbons (Fsp3) is 0.286. The number of carbonyl (C=O) groups excluding carboxylic acids is 1. The van der Waals surface area contributed by atoms with Gasteiger partial charge in [0.1, 0.15) is 11.3 Å². The number of aliphatic hydroxyl groups excluding tert-OH is 1. The molecule has 0 spiro atoms. The molecule has 1 aromatic carbocycles. The molecule has 0 aliphatic carbocycles. The molecule has 20 heavy (non-hydrogen) atoms. The third kappa shape index (κ3) is 4.31. The van der Waals surface area contributed by atoms with Crippen LogP contribution in [0.15, 0.2) is 36.6 Å². The fourth-order valence-electron chi connectivity index (χ4n) is 1.73. The Balaban J connectivity index is 2.74. The third-order valence-electron chi connectivity index (χ3n) is 2.75. The number of hydrogen-bond donors (Lipinski definition) is 4. The zero-order chi connectivity index (χ0) is 15.3. The minimum Gasteiger partial charge on any atom is -0.513 e. The van der Waals surface area contributed by atoms with Crippen molar-refractivity contribution in [3.8, 4) is 5.75 Å². The Bertz CT molecular complexity index is 523. The monoisotopic (exact) mass is 279 g/mol. The molecule has 1 rings (SSSR count). The van der Waals surface area contributed by atoms with Crippen molar-refractivity contribution in [2.75, 3.05) is 0 Å². The Labute approximate surface area is 116 Å². The SMILES string of the molecule is C=C(O)C[C@](C)(NC(=O)Cc1ccc(O)cc1)C(=O)O. The van der Waals surface area contributed by atoms with Crippen LogP contribution in [0.1, 0.15) is 18.9 Å². The highest BCUT2D eigenvalue weighted by Gasteiger charge is 2.35. The van der Waals surface area contributed by atoms with Gasteiger partial charge < -0.3 is 20.6 Å². The number of carboxylic acids is 1. The van der Waals surface area contributed by atoms with Gasteiger partial charge in [-0.1, -0.05) is 18.7 Å². The van der Waals surface area contributed by atoms with Crippen LogP contribution in [0.25, 0.3) is 0 Å². The van der Waals surface area contributed by atoms with E-state index in [0.29, 0.717) is 5.56 Å². The van der Waals surface area contributed by atoms with E-state index in [-0.39, 0.29) is 24.4 Å². The average molecular weight is 279 g/mol. The standard InChI is InChI=1S/C14H17NO5/c1-9(16)8-14(2,13(19)20)15-12(18)7-10-3-5-11(17)6-4-10/h3-6,16-17H,1,7-8H2,2H3,(H,15,18)(H,19,20)/t14-/m0/s1. The average Bonchev–Trinajstić information content (AvgIpc) is 2.30. The number of aromatic hydroxyl groups is 1. The number of aliphatic carboxylic acids is 1. The Hall–Kier alpha value is -2.50. The van der Waals surface area contributed by atoms with Crippen LogP contribution < -0.4 is 5.32 Å². The molecule has 0 aliphatic heterocycles. The zero-order valence-corrected chi connectivity index (χ0v) is 11.1. The smallest absolute Gasteiger partial charge is 0.329 e. The maximum absolute atomic E-state index is 11.9. The van der Waals surface area contributed by atoms with Gasteiger partial charge in [-0.3, -0.25) is 4.79 Å². The van der Waals surface area contributed by atoms with Crippen LogP contribution in [0, 0.1) is 0 Å². The van der Waals surface area contributed by atoms with Crippen molar-refractivity contribution in [1.82, 2.24) is 5.32 Å². The first-order valence-corrected chi connectivity index (χ1v) is 5.92. The van der Waals surface area contributed by atoms with Crippen LogP contribution in [-0.2, 0) is 16.0 Å². The molecule has 0 heterocycles. The van der Waals surface area contributed by atoms with Crippen LogP contribution in [0.3, 0.4) is 0 Å². The molecular weight excluding hydrogens is 262 g/mol. The summed E-state index contributed by atoms with van der Waals surface area (Å²) < 4.78 is 0. The summed E-state index contributed by atoms with van der Waals surface area (Å²) in [6.07, 6.45) is -0.301. The van der Waals surface area contributed by atoms with Gasteiger partial charge in [-0.25, -0.2) is 4.79 Å². The van der Waals surface area contributed by atoms with Gasteiger partial charge in [-0.05, 0) is 24.6 Å². The predicted octanol–water partition coefficient (Wildman–Crippen LogP) is 1.36.